The van der Waals surface area contributed by atoms with Crippen molar-refractivity contribution in [3.63, 3.8) is 0 Å². The van der Waals surface area contributed by atoms with Crippen molar-refractivity contribution >= 4 is 17.6 Å². The predicted molar refractivity (Wildman–Crippen MR) is 113 cm³/mol. The van der Waals surface area contributed by atoms with E-state index in [-0.39, 0.29) is 18.0 Å². The molecule has 0 atom stereocenters. The largest absolute Gasteiger partial charge is 0.545 e. The SMILES string of the molecule is CCOc1cc(/C=C(/C#N)c2ccc(C(=O)[O-])cc2)ccc1OCc1cccc(F)c1. The Kier molecular flexibility index (Phi) is 7.02. The molecule has 0 aliphatic heterocycles. The Morgan fingerprint density at radius 2 is 1.77 bits per heavy atom. The van der Waals surface area contributed by atoms with Crippen molar-refractivity contribution in [1.82, 2.24) is 0 Å². The fourth-order valence-electron chi connectivity index (χ4n) is 2.92. The van der Waals surface area contributed by atoms with Gasteiger partial charge in [-0.05, 0) is 59.5 Å². The van der Waals surface area contributed by atoms with Gasteiger partial charge in [0.25, 0.3) is 0 Å². The van der Waals surface area contributed by atoms with Crippen molar-refractivity contribution in [2.45, 2.75) is 13.5 Å². The molecule has 6 heteroatoms. The van der Waals surface area contributed by atoms with E-state index >= 15 is 0 Å². The van der Waals surface area contributed by atoms with Gasteiger partial charge in [-0.3, -0.25) is 0 Å². The molecule has 3 rings (SSSR count). The van der Waals surface area contributed by atoms with Gasteiger partial charge in [-0.2, -0.15) is 5.26 Å². The molecule has 0 bridgehead atoms. The third-order valence-electron chi connectivity index (χ3n) is 4.41. The van der Waals surface area contributed by atoms with Crippen LogP contribution >= 0.6 is 0 Å². The number of ether oxygens (including phenoxy) is 2. The summed E-state index contributed by atoms with van der Waals surface area (Å²) in [5.74, 6) is -0.607. The van der Waals surface area contributed by atoms with E-state index in [0.29, 0.717) is 40.4 Å². The van der Waals surface area contributed by atoms with Gasteiger partial charge in [-0.1, -0.05) is 42.5 Å². The highest BCUT2D eigenvalue weighted by atomic mass is 19.1. The van der Waals surface area contributed by atoms with Gasteiger partial charge in [0.2, 0.25) is 0 Å². The Labute approximate surface area is 179 Å². The highest BCUT2D eigenvalue weighted by molar-refractivity contribution is 5.91. The molecule has 0 saturated carbocycles. The van der Waals surface area contributed by atoms with Crippen molar-refractivity contribution in [2.75, 3.05) is 6.61 Å². The predicted octanol–water partition coefficient (Wildman–Crippen LogP) is 4.23. The van der Waals surface area contributed by atoms with Gasteiger partial charge >= 0.3 is 0 Å². The molecule has 3 aromatic carbocycles. The van der Waals surface area contributed by atoms with Crippen LogP contribution in [0.2, 0.25) is 0 Å². The first-order valence-corrected chi connectivity index (χ1v) is 9.58. The van der Waals surface area contributed by atoms with Crippen LogP contribution in [0.3, 0.4) is 0 Å². The highest BCUT2D eigenvalue weighted by Crippen LogP contribution is 2.31. The number of halogens is 1. The first-order chi connectivity index (χ1) is 15.0. The van der Waals surface area contributed by atoms with Crippen LogP contribution in [0.5, 0.6) is 11.5 Å². The van der Waals surface area contributed by atoms with E-state index < -0.39 is 5.97 Å². The summed E-state index contributed by atoms with van der Waals surface area (Å²) in [7, 11) is 0. The zero-order chi connectivity index (χ0) is 22.2. The van der Waals surface area contributed by atoms with E-state index in [2.05, 4.69) is 6.07 Å². The molecule has 0 aliphatic rings. The van der Waals surface area contributed by atoms with E-state index in [1.807, 2.05) is 6.92 Å². The van der Waals surface area contributed by atoms with E-state index in [9.17, 15) is 19.6 Å². The monoisotopic (exact) mass is 416 g/mol. The Balaban J connectivity index is 1.84. The average molecular weight is 416 g/mol. The third kappa shape index (κ3) is 5.71. The summed E-state index contributed by atoms with van der Waals surface area (Å²) in [6, 6.07) is 19.4. The second kappa shape index (κ2) is 10.1. The van der Waals surface area contributed by atoms with Gasteiger partial charge in [0.05, 0.1) is 24.2 Å². The second-order valence-electron chi connectivity index (χ2n) is 6.59. The molecule has 5 nitrogen and oxygen atoms in total. The molecule has 3 aromatic rings. The number of nitrogens with zero attached hydrogens (tertiary/aromatic N) is 1. The van der Waals surface area contributed by atoms with Crippen LogP contribution in [0.1, 0.15) is 34.0 Å². The van der Waals surface area contributed by atoms with Crippen LogP contribution in [0, 0.1) is 17.1 Å². The standard InChI is InChI=1S/C25H20FNO4/c1-2-30-24-14-17(6-11-23(24)31-16-18-4-3-5-22(26)13-18)12-21(15-27)19-7-9-20(10-8-19)25(28)29/h3-14H,2,16H2,1H3,(H,28,29)/p-1/b21-12-. The number of hydrogen-bond acceptors (Lipinski definition) is 5. The smallest absolute Gasteiger partial charge is 0.161 e. The molecule has 0 heterocycles. The van der Waals surface area contributed by atoms with Crippen molar-refractivity contribution < 1.29 is 23.8 Å². The lowest BCUT2D eigenvalue weighted by Gasteiger charge is -2.13. The fraction of sp³-hybridized carbons (Fsp3) is 0.120. The van der Waals surface area contributed by atoms with Crippen LogP contribution in [-0.2, 0) is 6.61 Å². The lowest BCUT2D eigenvalue weighted by atomic mass is 10.0. The van der Waals surface area contributed by atoms with E-state index in [0.717, 1.165) is 0 Å². The molecule has 0 unspecified atom stereocenters. The zero-order valence-corrected chi connectivity index (χ0v) is 16.8. The van der Waals surface area contributed by atoms with Crippen molar-refractivity contribution in [1.29, 1.82) is 5.26 Å². The molecule has 0 amide bonds. The van der Waals surface area contributed by atoms with E-state index in [1.165, 1.54) is 24.3 Å². The van der Waals surface area contributed by atoms with Gasteiger partial charge < -0.3 is 19.4 Å². The minimum Gasteiger partial charge on any atom is -0.545 e. The number of carbonyl (C=O) groups is 1. The quantitative estimate of drug-likeness (QED) is 0.405. The lowest BCUT2D eigenvalue weighted by Crippen LogP contribution is -2.21. The summed E-state index contributed by atoms with van der Waals surface area (Å²) < 4.78 is 24.8. The summed E-state index contributed by atoms with van der Waals surface area (Å²) in [6.45, 7) is 2.44. The highest BCUT2D eigenvalue weighted by Gasteiger charge is 2.09. The first kappa shape index (κ1) is 21.6. The number of carboxylic acid groups (broad SMARTS) is 1. The Morgan fingerprint density at radius 1 is 1.03 bits per heavy atom. The van der Waals surface area contributed by atoms with Crippen molar-refractivity contribution in [2.24, 2.45) is 0 Å². The van der Waals surface area contributed by atoms with Gasteiger partial charge in [0.1, 0.15) is 12.4 Å². The number of nitriles is 1. The molecule has 0 spiro atoms. The average Bonchev–Trinajstić information content (AvgIpc) is 2.77. The van der Waals surface area contributed by atoms with Crippen LogP contribution in [0.25, 0.3) is 11.6 Å². The van der Waals surface area contributed by atoms with Gasteiger partial charge in [-0.25, -0.2) is 4.39 Å². The van der Waals surface area contributed by atoms with Crippen molar-refractivity contribution in [3.05, 3.63) is 94.8 Å². The molecular formula is C25H19FNO4-. The van der Waals surface area contributed by atoms with Crippen LogP contribution in [0.4, 0.5) is 4.39 Å². The number of carbonyl (C=O) groups excluding carboxylic acids is 1. The van der Waals surface area contributed by atoms with E-state index in [1.54, 1.807) is 48.5 Å². The molecule has 0 saturated heterocycles. The van der Waals surface area contributed by atoms with Crippen LogP contribution in [-0.4, -0.2) is 12.6 Å². The molecule has 156 valence electrons. The van der Waals surface area contributed by atoms with E-state index in [4.69, 9.17) is 9.47 Å². The maximum atomic E-state index is 13.4. The normalized spacial score (nSPS) is 10.9. The molecule has 0 aromatic heterocycles. The molecule has 0 N–H and O–H groups in total. The fourth-order valence-corrected chi connectivity index (χ4v) is 2.92. The van der Waals surface area contributed by atoms with Gasteiger partial charge in [-0.15, -0.1) is 0 Å². The van der Waals surface area contributed by atoms with Gasteiger partial charge in [0.15, 0.2) is 11.5 Å². The summed E-state index contributed by atoms with van der Waals surface area (Å²) in [5, 5.41) is 20.4. The Hall–Kier alpha value is -4.11. The maximum absolute atomic E-state index is 13.4. The number of carboxylic acids is 1. The molecule has 0 radical (unpaired) electrons. The Morgan fingerprint density at radius 3 is 2.42 bits per heavy atom. The Bertz CT molecular complexity index is 1150. The minimum atomic E-state index is -1.27. The first-order valence-electron chi connectivity index (χ1n) is 9.58. The maximum Gasteiger partial charge on any atom is 0.161 e. The lowest BCUT2D eigenvalue weighted by molar-refractivity contribution is -0.255. The summed E-state index contributed by atoms with van der Waals surface area (Å²) >= 11 is 0. The summed E-state index contributed by atoms with van der Waals surface area (Å²) in [6.07, 6.45) is 1.67. The van der Waals surface area contributed by atoms with Crippen molar-refractivity contribution in [3.8, 4) is 17.6 Å². The molecule has 0 aliphatic carbocycles. The molecule has 0 fully saturated rings. The number of benzene rings is 3. The third-order valence-corrected chi connectivity index (χ3v) is 4.41. The number of allylic oxidation sites excluding steroid dienone is 1. The minimum absolute atomic E-state index is 0.0412. The molecular weight excluding hydrogens is 397 g/mol. The second-order valence-corrected chi connectivity index (χ2v) is 6.59. The summed E-state index contributed by atoms with van der Waals surface area (Å²) in [5.41, 5.74) is 2.39. The number of aromatic carboxylic acids is 1. The topological polar surface area (TPSA) is 82.4 Å². The molecule has 31 heavy (non-hydrogen) atoms. The zero-order valence-electron chi connectivity index (χ0n) is 16.8. The number of hydrogen-bond donors (Lipinski definition) is 0. The van der Waals surface area contributed by atoms with Crippen LogP contribution in [0.15, 0.2) is 66.7 Å². The summed E-state index contributed by atoms with van der Waals surface area (Å²) in [4.78, 5) is 10.9. The van der Waals surface area contributed by atoms with Crippen LogP contribution < -0.4 is 14.6 Å². The van der Waals surface area contributed by atoms with Gasteiger partial charge in [0, 0.05) is 0 Å². The number of rotatable bonds is 8.